The van der Waals surface area contributed by atoms with Crippen molar-refractivity contribution < 1.29 is 18.4 Å². The summed E-state index contributed by atoms with van der Waals surface area (Å²) >= 11 is 0. The van der Waals surface area contributed by atoms with Gasteiger partial charge in [-0.05, 0) is 31.2 Å². The molecule has 2 N–H and O–H groups in total. The molecule has 0 aliphatic carbocycles. The third kappa shape index (κ3) is 5.31. The predicted molar refractivity (Wildman–Crippen MR) is 95.0 cm³/mol. The Balaban J connectivity index is 5.60. The van der Waals surface area contributed by atoms with E-state index in [9.17, 15) is 9.59 Å². The second kappa shape index (κ2) is 9.42. The maximum absolute atomic E-state index is 13.1. The van der Waals surface area contributed by atoms with E-state index >= 15 is 0 Å². The molecule has 0 aliphatic rings. The predicted octanol–water partition coefficient (Wildman–Crippen LogP) is 3.61. The molecule has 0 fully saturated rings. The minimum absolute atomic E-state index is 0.149. The lowest BCUT2D eigenvalue weighted by atomic mass is 9.67. The van der Waals surface area contributed by atoms with E-state index in [-0.39, 0.29) is 23.8 Å². The highest BCUT2D eigenvalue weighted by Gasteiger charge is 2.50. The molecule has 0 aliphatic heterocycles. The van der Waals surface area contributed by atoms with E-state index in [1.165, 1.54) is 6.92 Å². The van der Waals surface area contributed by atoms with Crippen LogP contribution in [0, 0.1) is 17.3 Å². The van der Waals surface area contributed by atoms with Crippen molar-refractivity contribution in [2.24, 2.45) is 23.0 Å². The van der Waals surface area contributed by atoms with Crippen LogP contribution < -0.4 is 5.73 Å². The van der Waals surface area contributed by atoms with Gasteiger partial charge >= 0.3 is 14.5 Å². The van der Waals surface area contributed by atoms with Gasteiger partial charge in [0.05, 0.1) is 5.41 Å². The number of carbonyl (C=O) groups excluding carboxylic acids is 2. The fourth-order valence-electron chi connectivity index (χ4n) is 3.44. The Kier molecular flexibility index (Phi) is 9.06. The summed E-state index contributed by atoms with van der Waals surface area (Å²) in [5.74, 6) is -0.317. The van der Waals surface area contributed by atoms with Crippen LogP contribution in [0.1, 0.15) is 61.3 Å². The van der Waals surface area contributed by atoms with E-state index in [2.05, 4.69) is 0 Å². The first-order valence-corrected chi connectivity index (χ1v) is 11.0. The highest BCUT2D eigenvalue weighted by molar-refractivity contribution is 6.70. The van der Waals surface area contributed by atoms with E-state index in [0.29, 0.717) is 31.5 Å². The zero-order valence-electron chi connectivity index (χ0n) is 15.9. The molecule has 0 saturated carbocycles. The van der Waals surface area contributed by atoms with Gasteiger partial charge in [0.1, 0.15) is 0 Å². The summed E-state index contributed by atoms with van der Waals surface area (Å²) in [6, 6.07) is 1.11. The largest absolute Gasteiger partial charge is 0.485 e. The Bertz CT molecular complexity index is 390. The lowest BCUT2D eigenvalue weighted by Crippen LogP contribution is -2.51. The van der Waals surface area contributed by atoms with Gasteiger partial charge in [-0.25, -0.2) is 0 Å². The van der Waals surface area contributed by atoms with Gasteiger partial charge in [-0.3, -0.25) is 9.59 Å². The Morgan fingerprint density at radius 3 is 1.91 bits per heavy atom. The second-order valence-electron chi connectivity index (χ2n) is 6.84. The van der Waals surface area contributed by atoms with E-state index < -0.39 is 14.0 Å². The van der Waals surface area contributed by atoms with Gasteiger partial charge in [0.15, 0.2) is 0 Å². The molecule has 0 saturated heterocycles. The number of hydrogen-bond acceptors (Lipinski definition) is 5. The molecule has 0 aromatic rings. The molecule has 1 unspecified atom stereocenters. The normalized spacial score (nSPS) is 14.7. The van der Waals surface area contributed by atoms with Crippen molar-refractivity contribution in [1.82, 2.24) is 0 Å². The van der Waals surface area contributed by atoms with Gasteiger partial charge in [-0.15, -0.1) is 0 Å². The first kappa shape index (κ1) is 22.1. The summed E-state index contributed by atoms with van der Waals surface area (Å²) in [6.07, 6.45) is 1.38. The molecule has 0 rings (SSSR count). The lowest BCUT2D eigenvalue weighted by Gasteiger charge is -2.41. The zero-order valence-corrected chi connectivity index (χ0v) is 16.9. The maximum atomic E-state index is 13.1. The van der Waals surface area contributed by atoms with Gasteiger partial charge in [-0.1, -0.05) is 41.5 Å². The monoisotopic (exact) mass is 345 g/mol. The fraction of sp³-hybridized carbons (Fsp3) is 0.882. The molecule has 0 amide bonds. The standard InChI is InChI=1S/C17H35NO4Si/c1-8-17(13(3)4,14(5)6)16(20)22-23(9-2,12-10-11-18)21-15(7)19/h13-14H,8-12,18H2,1-7H3. The summed E-state index contributed by atoms with van der Waals surface area (Å²) in [5.41, 5.74) is 5.04. The number of hydrogen-bond donors (Lipinski definition) is 1. The quantitative estimate of drug-likeness (QED) is 0.612. The van der Waals surface area contributed by atoms with Crippen LogP contribution in [-0.4, -0.2) is 27.0 Å². The van der Waals surface area contributed by atoms with Crippen LogP contribution in [0.5, 0.6) is 0 Å². The topological polar surface area (TPSA) is 78.6 Å². The molecule has 6 heteroatoms. The van der Waals surface area contributed by atoms with Crippen LogP contribution in [0.3, 0.4) is 0 Å². The van der Waals surface area contributed by atoms with E-state index in [4.69, 9.17) is 14.6 Å². The minimum atomic E-state index is -2.91. The molecule has 23 heavy (non-hydrogen) atoms. The van der Waals surface area contributed by atoms with E-state index in [1.807, 2.05) is 41.5 Å². The van der Waals surface area contributed by atoms with Crippen molar-refractivity contribution in [1.29, 1.82) is 0 Å². The van der Waals surface area contributed by atoms with Gasteiger partial charge in [0.2, 0.25) is 0 Å². The lowest BCUT2D eigenvalue weighted by molar-refractivity contribution is -0.156. The van der Waals surface area contributed by atoms with Crippen LogP contribution >= 0.6 is 0 Å². The molecular formula is C17H35NO4Si. The summed E-state index contributed by atoms with van der Waals surface area (Å²) < 4.78 is 11.5. The third-order valence-corrected chi connectivity index (χ3v) is 8.34. The molecule has 0 heterocycles. The maximum Gasteiger partial charge on any atom is 0.464 e. The Labute approximate surface area is 142 Å². The minimum Gasteiger partial charge on any atom is -0.485 e. The number of nitrogens with two attached hydrogens (primary N) is 1. The van der Waals surface area contributed by atoms with Crippen LogP contribution in [0.15, 0.2) is 0 Å². The molecular weight excluding hydrogens is 310 g/mol. The van der Waals surface area contributed by atoms with Crippen molar-refractivity contribution in [2.75, 3.05) is 6.54 Å². The van der Waals surface area contributed by atoms with Gasteiger partial charge in [0, 0.05) is 19.0 Å². The number of carbonyl (C=O) groups is 2. The first-order chi connectivity index (χ1) is 10.6. The molecule has 136 valence electrons. The summed E-state index contributed by atoms with van der Waals surface area (Å²) in [6.45, 7) is 14.0. The van der Waals surface area contributed by atoms with E-state index in [1.54, 1.807) is 0 Å². The van der Waals surface area contributed by atoms with Crippen LogP contribution in [-0.2, 0) is 18.4 Å². The van der Waals surface area contributed by atoms with Crippen molar-refractivity contribution in [3.8, 4) is 0 Å². The number of rotatable bonds is 10. The summed E-state index contributed by atoms with van der Waals surface area (Å²) in [4.78, 5) is 24.6. The molecule has 0 radical (unpaired) electrons. The zero-order chi connectivity index (χ0) is 18.3. The van der Waals surface area contributed by atoms with E-state index in [0.717, 1.165) is 0 Å². The average Bonchev–Trinajstić information content (AvgIpc) is 2.44. The fourth-order valence-corrected chi connectivity index (χ4v) is 6.12. The van der Waals surface area contributed by atoms with Crippen molar-refractivity contribution >= 4 is 20.5 Å². The van der Waals surface area contributed by atoms with Gasteiger partial charge < -0.3 is 14.6 Å². The highest BCUT2D eigenvalue weighted by Crippen LogP contribution is 2.42. The van der Waals surface area contributed by atoms with Crippen LogP contribution in [0.25, 0.3) is 0 Å². The SMILES string of the molecule is CCC(C(=O)O[Si](CC)(CCCN)OC(C)=O)(C(C)C)C(C)C. The van der Waals surface area contributed by atoms with Gasteiger partial charge in [0.25, 0.3) is 5.97 Å². The van der Waals surface area contributed by atoms with Gasteiger partial charge in [-0.2, -0.15) is 0 Å². The molecule has 0 aromatic heterocycles. The van der Waals surface area contributed by atoms with Crippen molar-refractivity contribution in [3.05, 3.63) is 0 Å². The van der Waals surface area contributed by atoms with Crippen molar-refractivity contribution in [2.45, 2.75) is 73.4 Å². The Morgan fingerprint density at radius 1 is 1.09 bits per heavy atom. The average molecular weight is 346 g/mol. The first-order valence-electron chi connectivity index (χ1n) is 8.74. The highest BCUT2D eigenvalue weighted by atomic mass is 28.4. The molecule has 0 bridgehead atoms. The third-order valence-electron chi connectivity index (χ3n) is 4.93. The molecule has 1 atom stereocenters. The van der Waals surface area contributed by atoms with Crippen LogP contribution in [0.4, 0.5) is 0 Å². The molecule has 0 spiro atoms. The molecule has 5 nitrogen and oxygen atoms in total. The smallest absolute Gasteiger partial charge is 0.464 e. The second-order valence-corrected chi connectivity index (χ2v) is 10.3. The Morgan fingerprint density at radius 2 is 1.61 bits per heavy atom. The summed E-state index contributed by atoms with van der Waals surface area (Å²) in [7, 11) is -2.91. The molecule has 0 aromatic carbocycles. The summed E-state index contributed by atoms with van der Waals surface area (Å²) in [5, 5.41) is 0. The van der Waals surface area contributed by atoms with Crippen LogP contribution in [0.2, 0.25) is 12.1 Å². The Hall–Kier alpha value is -0.883. The van der Waals surface area contributed by atoms with Crippen molar-refractivity contribution in [3.63, 3.8) is 0 Å².